The highest BCUT2D eigenvalue weighted by Gasteiger charge is 1.99. The first-order valence-electron chi connectivity index (χ1n) is 3.31. The van der Waals surface area contributed by atoms with Crippen molar-refractivity contribution in [1.82, 2.24) is 9.97 Å². The average Bonchev–Trinajstić information content (AvgIpc) is 1.99. The van der Waals surface area contributed by atoms with Crippen molar-refractivity contribution < 1.29 is 4.39 Å². The van der Waals surface area contributed by atoms with Crippen LogP contribution in [-0.4, -0.2) is 22.4 Å². The van der Waals surface area contributed by atoms with Crippen LogP contribution in [0, 0.1) is 0 Å². The van der Waals surface area contributed by atoms with Gasteiger partial charge in [-0.3, -0.25) is 4.39 Å². The summed E-state index contributed by atoms with van der Waals surface area (Å²) in [5.74, 6) is 0.941. The van der Waals surface area contributed by atoms with Crippen LogP contribution in [0.3, 0.4) is 0 Å². The molecule has 0 radical (unpaired) electrons. The highest BCUT2D eigenvalue weighted by molar-refractivity contribution is 7.99. The predicted octanol–water partition coefficient (Wildman–Crippen LogP) is 0.703. The van der Waals surface area contributed by atoms with Gasteiger partial charge in [-0.15, -0.1) is 0 Å². The molecule has 4 N–H and O–H groups in total. The van der Waals surface area contributed by atoms with E-state index in [0.29, 0.717) is 22.5 Å². The van der Waals surface area contributed by atoms with Crippen molar-refractivity contribution in [3.63, 3.8) is 0 Å². The molecule has 1 heterocycles. The molecule has 0 aliphatic rings. The fourth-order valence-corrected chi connectivity index (χ4v) is 1.26. The molecule has 0 aliphatic carbocycles. The van der Waals surface area contributed by atoms with Crippen LogP contribution in [0.1, 0.15) is 0 Å². The second-order valence-electron chi connectivity index (χ2n) is 2.04. The monoisotopic (exact) mass is 188 g/mol. The summed E-state index contributed by atoms with van der Waals surface area (Å²) < 4.78 is 11.7. The number of nitrogen functional groups attached to an aromatic ring is 2. The molecule has 0 saturated carbocycles. The van der Waals surface area contributed by atoms with Crippen LogP contribution >= 0.6 is 11.8 Å². The molecule has 0 amide bonds. The lowest BCUT2D eigenvalue weighted by molar-refractivity contribution is 0.532. The Kier molecular flexibility index (Phi) is 3.09. The number of halogens is 1. The van der Waals surface area contributed by atoms with Crippen LogP contribution < -0.4 is 11.5 Å². The maximum atomic E-state index is 11.7. The summed E-state index contributed by atoms with van der Waals surface area (Å²) in [5, 5.41) is 0.421. The Balaban J connectivity index is 2.72. The lowest BCUT2D eigenvalue weighted by Gasteiger charge is -1.99. The Morgan fingerprint density at radius 3 is 2.42 bits per heavy atom. The Bertz CT molecular complexity index is 247. The molecule has 0 aromatic carbocycles. The molecule has 0 spiro atoms. The number of hydrogen-bond donors (Lipinski definition) is 2. The molecule has 1 aromatic rings. The molecule has 66 valence electrons. The lowest BCUT2D eigenvalue weighted by Crippen LogP contribution is -1.99. The zero-order valence-corrected chi connectivity index (χ0v) is 7.14. The van der Waals surface area contributed by atoms with E-state index < -0.39 is 6.67 Å². The van der Waals surface area contributed by atoms with Gasteiger partial charge in [0.15, 0.2) is 5.16 Å². The number of anilines is 2. The van der Waals surface area contributed by atoms with Crippen LogP contribution in [0.5, 0.6) is 0 Å². The normalized spacial score (nSPS) is 10.1. The van der Waals surface area contributed by atoms with E-state index in [2.05, 4.69) is 9.97 Å². The molecule has 6 heteroatoms. The van der Waals surface area contributed by atoms with Crippen LogP contribution in [0.25, 0.3) is 0 Å². The van der Waals surface area contributed by atoms with Gasteiger partial charge in [0.25, 0.3) is 0 Å². The van der Waals surface area contributed by atoms with Crippen molar-refractivity contribution in [3.05, 3.63) is 6.07 Å². The van der Waals surface area contributed by atoms with Crippen molar-refractivity contribution in [2.45, 2.75) is 5.16 Å². The highest BCUT2D eigenvalue weighted by atomic mass is 32.2. The van der Waals surface area contributed by atoms with Crippen molar-refractivity contribution >= 4 is 23.4 Å². The minimum Gasteiger partial charge on any atom is -0.383 e. The van der Waals surface area contributed by atoms with Crippen molar-refractivity contribution in [1.29, 1.82) is 0 Å². The Morgan fingerprint density at radius 2 is 1.92 bits per heavy atom. The van der Waals surface area contributed by atoms with Gasteiger partial charge in [0.05, 0.1) is 6.67 Å². The average molecular weight is 188 g/mol. The summed E-state index contributed by atoms with van der Waals surface area (Å²) >= 11 is 1.19. The molecule has 1 aromatic heterocycles. The topological polar surface area (TPSA) is 77.8 Å². The molecule has 0 saturated heterocycles. The van der Waals surface area contributed by atoms with Crippen LogP contribution in [0.4, 0.5) is 16.0 Å². The molecule has 0 bridgehead atoms. The minimum absolute atomic E-state index is 0.309. The second-order valence-corrected chi connectivity index (χ2v) is 3.10. The van der Waals surface area contributed by atoms with Crippen molar-refractivity contribution in [3.8, 4) is 0 Å². The molecule has 12 heavy (non-hydrogen) atoms. The van der Waals surface area contributed by atoms with E-state index in [1.54, 1.807) is 0 Å². The summed E-state index contributed by atoms with van der Waals surface area (Å²) in [6.45, 7) is -0.414. The fraction of sp³-hybridized carbons (Fsp3) is 0.333. The summed E-state index contributed by atoms with van der Waals surface area (Å²) in [5.41, 5.74) is 10.8. The van der Waals surface area contributed by atoms with Gasteiger partial charge < -0.3 is 11.5 Å². The molecule has 1 rings (SSSR count). The maximum Gasteiger partial charge on any atom is 0.191 e. The van der Waals surface area contributed by atoms with E-state index in [1.807, 2.05) is 0 Å². The van der Waals surface area contributed by atoms with Gasteiger partial charge in [0.1, 0.15) is 11.6 Å². The van der Waals surface area contributed by atoms with Gasteiger partial charge in [-0.05, 0) is 0 Å². The van der Waals surface area contributed by atoms with E-state index in [0.717, 1.165) is 0 Å². The third-order valence-corrected chi connectivity index (χ3v) is 1.85. The highest BCUT2D eigenvalue weighted by Crippen LogP contribution is 2.15. The number of rotatable bonds is 3. The zero-order valence-electron chi connectivity index (χ0n) is 6.33. The number of alkyl halides is 1. The van der Waals surface area contributed by atoms with E-state index in [1.165, 1.54) is 17.8 Å². The molecule has 0 aliphatic heterocycles. The lowest BCUT2D eigenvalue weighted by atomic mass is 10.5. The largest absolute Gasteiger partial charge is 0.383 e. The summed E-state index contributed by atoms with van der Waals surface area (Å²) in [4.78, 5) is 7.71. The van der Waals surface area contributed by atoms with Crippen LogP contribution in [-0.2, 0) is 0 Å². The van der Waals surface area contributed by atoms with E-state index in [9.17, 15) is 4.39 Å². The number of nitrogens with two attached hydrogens (primary N) is 2. The molecule has 0 fully saturated rings. The number of hydrogen-bond acceptors (Lipinski definition) is 5. The van der Waals surface area contributed by atoms with Crippen molar-refractivity contribution in [2.24, 2.45) is 0 Å². The Labute approximate surface area is 73.6 Å². The Morgan fingerprint density at radius 1 is 1.33 bits per heavy atom. The van der Waals surface area contributed by atoms with E-state index in [4.69, 9.17) is 11.5 Å². The smallest absolute Gasteiger partial charge is 0.191 e. The van der Waals surface area contributed by atoms with Gasteiger partial charge in [-0.25, -0.2) is 9.97 Å². The fourth-order valence-electron chi connectivity index (χ4n) is 0.656. The summed E-state index contributed by atoms with van der Waals surface area (Å²) in [6, 6.07) is 1.46. The third-order valence-electron chi connectivity index (χ3n) is 1.05. The quantitative estimate of drug-likeness (QED) is 0.539. The standard InChI is InChI=1S/C6H9FN4S/c7-1-2-12-6-10-4(8)3-5(9)11-6/h3H,1-2H2,(H4,8,9,10,11). The zero-order chi connectivity index (χ0) is 8.97. The number of nitrogens with zero attached hydrogens (tertiary/aromatic N) is 2. The minimum atomic E-state index is -0.414. The van der Waals surface area contributed by atoms with E-state index in [-0.39, 0.29) is 0 Å². The first kappa shape index (κ1) is 9.05. The first-order valence-corrected chi connectivity index (χ1v) is 4.29. The summed E-state index contributed by atoms with van der Waals surface area (Å²) in [6.07, 6.45) is 0. The van der Waals surface area contributed by atoms with Crippen molar-refractivity contribution in [2.75, 3.05) is 23.9 Å². The van der Waals surface area contributed by atoms with E-state index >= 15 is 0 Å². The first-order chi connectivity index (χ1) is 5.72. The molecule has 0 unspecified atom stereocenters. The number of thioether (sulfide) groups is 1. The summed E-state index contributed by atoms with van der Waals surface area (Å²) in [7, 11) is 0. The predicted molar refractivity (Wildman–Crippen MR) is 47.6 cm³/mol. The maximum absolute atomic E-state index is 11.7. The molecular weight excluding hydrogens is 179 g/mol. The molecule has 4 nitrogen and oxygen atoms in total. The third kappa shape index (κ3) is 2.54. The second kappa shape index (κ2) is 4.10. The SMILES string of the molecule is Nc1cc(N)nc(SCCF)n1. The number of aromatic nitrogens is 2. The molecular formula is C6H9FN4S. The molecule has 0 atom stereocenters. The van der Waals surface area contributed by atoms with Crippen LogP contribution in [0.2, 0.25) is 0 Å². The van der Waals surface area contributed by atoms with Gasteiger partial charge in [-0.2, -0.15) is 0 Å². The Hall–Kier alpha value is -1.04. The van der Waals surface area contributed by atoms with Gasteiger partial charge >= 0.3 is 0 Å². The van der Waals surface area contributed by atoms with Gasteiger partial charge in [0, 0.05) is 11.8 Å². The van der Waals surface area contributed by atoms with Gasteiger partial charge in [0.2, 0.25) is 0 Å². The van der Waals surface area contributed by atoms with Gasteiger partial charge in [-0.1, -0.05) is 11.8 Å². The van der Waals surface area contributed by atoms with Crippen LogP contribution in [0.15, 0.2) is 11.2 Å².